The topological polar surface area (TPSA) is 61.6 Å². The van der Waals surface area contributed by atoms with E-state index in [-0.39, 0.29) is 0 Å². The first-order chi connectivity index (χ1) is 7.88. The Balaban J connectivity index is 2.03. The van der Waals surface area contributed by atoms with Gasteiger partial charge in [-0.05, 0) is 24.3 Å². The highest BCUT2D eigenvalue weighted by molar-refractivity contribution is 5.49. The van der Waals surface area contributed by atoms with Crippen LogP contribution in [-0.2, 0) is 6.54 Å². The smallest absolute Gasteiger partial charge is 0.115 e. The maximum absolute atomic E-state index is 8.75. The standard InChI is InChI=1S/C12H10N4/c13-7-10-2-1-3-11(6-10)15-8-12-4-5-14-9-16-12/h1-6,9,15H,8H2. The van der Waals surface area contributed by atoms with Crippen molar-refractivity contribution in [3.63, 3.8) is 0 Å². The number of nitriles is 1. The molecule has 0 fully saturated rings. The van der Waals surface area contributed by atoms with Gasteiger partial charge in [-0.2, -0.15) is 5.26 Å². The minimum atomic E-state index is 0.622. The predicted molar refractivity (Wildman–Crippen MR) is 60.5 cm³/mol. The highest BCUT2D eigenvalue weighted by Crippen LogP contribution is 2.10. The average Bonchev–Trinajstić information content (AvgIpc) is 2.38. The van der Waals surface area contributed by atoms with Crippen molar-refractivity contribution in [1.29, 1.82) is 5.26 Å². The Labute approximate surface area is 93.6 Å². The van der Waals surface area contributed by atoms with Crippen molar-refractivity contribution in [2.75, 3.05) is 5.32 Å². The quantitative estimate of drug-likeness (QED) is 0.841. The summed E-state index contributed by atoms with van der Waals surface area (Å²) in [5, 5.41) is 11.9. The van der Waals surface area contributed by atoms with E-state index < -0.39 is 0 Å². The third-order valence-corrected chi connectivity index (χ3v) is 2.11. The lowest BCUT2D eigenvalue weighted by atomic mass is 10.2. The van der Waals surface area contributed by atoms with Crippen LogP contribution in [0, 0.1) is 11.3 Å². The molecule has 1 N–H and O–H groups in total. The third-order valence-electron chi connectivity index (χ3n) is 2.11. The van der Waals surface area contributed by atoms with Crippen molar-refractivity contribution < 1.29 is 0 Å². The SMILES string of the molecule is N#Cc1cccc(NCc2ccncn2)c1. The molecule has 4 nitrogen and oxygen atoms in total. The molecule has 1 aromatic carbocycles. The van der Waals surface area contributed by atoms with Gasteiger partial charge in [0.15, 0.2) is 0 Å². The van der Waals surface area contributed by atoms with Crippen LogP contribution in [0.1, 0.15) is 11.3 Å². The molecule has 2 aromatic rings. The molecule has 0 bridgehead atoms. The van der Waals surface area contributed by atoms with Crippen LogP contribution in [0.4, 0.5) is 5.69 Å². The van der Waals surface area contributed by atoms with E-state index in [4.69, 9.17) is 5.26 Å². The Hall–Kier alpha value is -2.41. The van der Waals surface area contributed by atoms with Gasteiger partial charge in [-0.15, -0.1) is 0 Å². The number of nitrogens with one attached hydrogen (secondary N) is 1. The molecule has 0 saturated heterocycles. The first-order valence-electron chi connectivity index (χ1n) is 4.87. The Morgan fingerprint density at radius 3 is 3.00 bits per heavy atom. The molecule has 0 aliphatic rings. The van der Waals surface area contributed by atoms with Gasteiger partial charge in [0, 0.05) is 11.9 Å². The van der Waals surface area contributed by atoms with Gasteiger partial charge in [0.05, 0.1) is 23.9 Å². The highest BCUT2D eigenvalue weighted by Gasteiger charge is 1.96. The second-order valence-corrected chi connectivity index (χ2v) is 3.25. The van der Waals surface area contributed by atoms with Crippen LogP contribution in [0.25, 0.3) is 0 Å². The van der Waals surface area contributed by atoms with Crippen LogP contribution >= 0.6 is 0 Å². The Kier molecular flexibility index (Phi) is 3.10. The summed E-state index contributed by atoms with van der Waals surface area (Å²) in [5.74, 6) is 0. The fourth-order valence-electron chi connectivity index (χ4n) is 1.31. The largest absolute Gasteiger partial charge is 0.379 e. The molecule has 0 unspecified atom stereocenters. The Morgan fingerprint density at radius 2 is 2.25 bits per heavy atom. The van der Waals surface area contributed by atoms with E-state index in [2.05, 4.69) is 21.4 Å². The van der Waals surface area contributed by atoms with Gasteiger partial charge in [0.1, 0.15) is 6.33 Å². The zero-order valence-electron chi connectivity index (χ0n) is 8.59. The van der Waals surface area contributed by atoms with E-state index in [9.17, 15) is 0 Å². The maximum Gasteiger partial charge on any atom is 0.115 e. The van der Waals surface area contributed by atoms with Crippen LogP contribution < -0.4 is 5.32 Å². The van der Waals surface area contributed by atoms with Gasteiger partial charge < -0.3 is 5.32 Å². The summed E-state index contributed by atoms with van der Waals surface area (Å²) in [5.41, 5.74) is 2.47. The molecule has 78 valence electrons. The number of aromatic nitrogens is 2. The Bertz CT molecular complexity index is 502. The van der Waals surface area contributed by atoms with E-state index in [1.54, 1.807) is 18.3 Å². The number of anilines is 1. The third kappa shape index (κ3) is 2.55. The summed E-state index contributed by atoms with van der Waals surface area (Å²) in [6.07, 6.45) is 3.22. The normalized spacial score (nSPS) is 9.44. The zero-order chi connectivity index (χ0) is 11.2. The van der Waals surface area contributed by atoms with E-state index in [1.165, 1.54) is 6.33 Å². The molecule has 0 aliphatic heterocycles. The lowest BCUT2D eigenvalue weighted by Crippen LogP contribution is -2.01. The minimum Gasteiger partial charge on any atom is -0.379 e. The molecule has 0 atom stereocenters. The monoisotopic (exact) mass is 210 g/mol. The van der Waals surface area contributed by atoms with Crippen molar-refractivity contribution in [3.05, 3.63) is 54.1 Å². The number of rotatable bonds is 3. The molecule has 1 aromatic heterocycles. The van der Waals surface area contributed by atoms with Gasteiger partial charge in [-0.3, -0.25) is 0 Å². The van der Waals surface area contributed by atoms with Crippen LogP contribution in [0.3, 0.4) is 0 Å². The zero-order valence-corrected chi connectivity index (χ0v) is 8.59. The van der Waals surface area contributed by atoms with Crippen molar-refractivity contribution in [3.8, 4) is 6.07 Å². The lowest BCUT2D eigenvalue weighted by Gasteiger charge is -2.05. The van der Waals surface area contributed by atoms with E-state index in [1.807, 2.05) is 18.2 Å². The fraction of sp³-hybridized carbons (Fsp3) is 0.0833. The van der Waals surface area contributed by atoms with Crippen LogP contribution in [0.5, 0.6) is 0 Å². The fourth-order valence-corrected chi connectivity index (χ4v) is 1.31. The van der Waals surface area contributed by atoms with Gasteiger partial charge in [-0.1, -0.05) is 6.07 Å². The van der Waals surface area contributed by atoms with Gasteiger partial charge in [0.2, 0.25) is 0 Å². The van der Waals surface area contributed by atoms with E-state index in [0.29, 0.717) is 12.1 Å². The van der Waals surface area contributed by atoms with Crippen LogP contribution in [-0.4, -0.2) is 9.97 Å². The molecule has 4 heteroatoms. The Morgan fingerprint density at radius 1 is 1.31 bits per heavy atom. The number of benzene rings is 1. The molecule has 1 heterocycles. The van der Waals surface area contributed by atoms with Gasteiger partial charge >= 0.3 is 0 Å². The van der Waals surface area contributed by atoms with E-state index >= 15 is 0 Å². The highest BCUT2D eigenvalue weighted by atomic mass is 14.9. The lowest BCUT2D eigenvalue weighted by molar-refractivity contribution is 1.01. The van der Waals surface area contributed by atoms with Gasteiger partial charge in [-0.25, -0.2) is 9.97 Å². The summed E-state index contributed by atoms with van der Waals surface area (Å²) in [7, 11) is 0. The van der Waals surface area contributed by atoms with Crippen molar-refractivity contribution in [2.24, 2.45) is 0 Å². The summed E-state index contributed by atoms with van der Waals surface area (Å²) in [6.45, 7) is 0.622. The van der Waals surface area contributed by atoms with E-state index in [0.717, 1.165) is 11.4 Å². The molecule has 0 saturated carbocycles. The minimum absolute atomic E-state index is 0.622. The summed E-state index contributed by atoms with van der Waals surface area (Å²) in [6, 6.07) is 11.3. The van der Waals surface area contributed by atoms with Crippen molar-refractivity contribution in [1.82, 2.24) is 9.97 Å². The predicted octanol–water partition coefficient (Wildman–Crippen LogP) is 1.96. The second-order valence-electron chi connectivity index (χ2n) is 3.25. The first kappa shape index (κ1) is 10.1. The number of nitrogens with zero attached hydrogens (tertiary/aromatic N) is 3. The van der Waals surface area contributed by atoms with Gasteiger partial charge in [0.25, 0.3) is 0 Å². The van der Waals surface area contributed by atoms with Crippen LogP contribution in [0.15, 0.2) is 42.9 Å². The molecular weight excluding hydrogens is 200 g/mol. The molecular formula is C12H10N4. The molecule has 2 rings (SSSR count). The molecule has 0 radical (unpaired) electrons. The second kappa shape index (κ2) is 4.89. The first-order valence-corrected chi connectivity index (χ1v) is 4.87. The number of hydrogen-bond acceptors (Lipinski definition) is 4. The van der Waals surface area contributed by atoms with Crippen molar-refractivity contribution >= 4 is 5.69 Å². The average molecular weight is 210 g/mol. The molecule has 0 spiro atoms. The summed E-state index contributed by atoms with van der Waals surface area (Å²) in [4.78, 5) is 7.94. The van der Waals surface area contributed by atoms with Crippen LogP contribution in [0.2, 0.25) is 0 Å². The molecule has 16 heavy (non-hydrogen) atoms. The van der Waals surface area contributed by atoms with Crippen molar-refractivity contribution in [2.45, 2.75) is 6.54 Å². The molecule has 0 amide bonds. The summed E-state index contributed by atoms with van der Waals surface area (Å²) >= 11 is 0. The summed E-state index contributed by atoms with van der Waals surface area (Å²) < 4.78 is 0. The maximum atomic E-state index is 8.75. The molecule has 0 aliphatic carbocycles. The number of hydrogen-bond donors (Lipinski definition) is 1.